The number of benzene rings is 1. The van der Waals surface area contributed by atoms with Crippen LogP contribution in [0, 0.1) is 0 Å². The Morgan fingerprint density at radius 2 is 1.93 bits per heavy atom. The molecule has 0 bridgehead atoms. The summed E-state index contributed by atoms with van der Waals surface area (Å²) in [6.07, 6.45) is 5.00. The van der Waals surface area contributed by atoms with Gasteiger partial charge in [0.2, 0.25) is 5.91 Å². The number of hydrogen-bond donors (Lipinski definition) is 1. The lowest BCUT2D eigenvalue weighted by Gasteiger charge is -2.22. The van der Waals surface area contributed by atoms with Crippen LogP contribution in [0.2, 0.25) is 0 Å². The molecule has 0 atom stereocenters. The van der Waals surface area contributed by atoms with Crippen LogP contribution < -0.4 is 19.9 Å². The molecule has 0 spiro atoms. The number of anilines is 3. The first-order valence-corrected chi connectivity index (χ1v) is 9.37. The molecular formula is C20H27N5O2. The second-order valence-corrected chi connectivity index (χ2v) is 6.69. The molecule has 27 heavy (non-hydrogen) atoms. The highest BCUT2D eigenvalue weighted by Crippen LogP contribution is 2.30. The van der Waals surface area contributed by atoms with E-state index < -0.39 is 0 Å². The van der Waals surface area contributed by atoms with E-state index in [1.54, 1.807) is 18.3 Å². The number of likely N-dealkylation sites (N-methyl/N-ethyl adjacent to an activating group) is 1. The highest BCUT2D eigenvalue weighted by molar-refractivity contribution is 5.97. The topological polar surface area (TPSA) is 70.6 Å². The van der Waals surface area contributed by atoms with Gasteiger partial charge in [0.25, 0.3) is 0 Å². The van der Waals surface area contributed by atoms with E-state index in [-0.39, 0.29) is 12.5 Å². The van der Waals surface area contributed by atoms with Crippen LogP contribution in [-0.4, -0.2) is 43.1 Å². The van der Waals surface area contributed by atoms with Crippen molar-refractivity contribution in [2.24, 2.45) is 0 Å². The lowest BCUT2D eigenvalue weighted by Crippen LogP contribution is -2.35. The number of nitrogens with zero attached hydrogens (tertiary/aromatic N) is 4. The summed E-state index contributed by atoms with van der Waals surface area (Å²) in [4.78, 5) is 25.4. The smallest absolute Gasteiger partial charge is 0.246 e. The SMILES string of the molecule is CCCCCNc1ncnc2c1CN(c1ccc(OC)cc1)C(=O)CN2C. The van der Waals surface area contributed by atoms with E-state index in [1.807, 2.05) is 36.2 Å². The molecule has 0 saturated carbocycles. The molecule has 0 aliphatic carbocycles. The Hall–Kier alpha value is -2.83. The summed E-state index contributed by atoms with van der Waals surface area (Å²) in [6.45, 7) is 3.74. The number of ether oxygens (including phenoxy) is 1. The Kier molecular flexibility index (Phi) is 6.11. The maximum atomic E-state index is 12.8. The zero-order valence-corrected chi connectivity index (χ0v) is 16.2. The molecule has 1 aliphatic heterocycles. The molecule has 0 saturated heterocycles. The number of aromatic nitrogens is 2. The predicted molar refractivity (Wildman–Crippen MR) is 108 cm³/mol. The number of unbranched alkanes of at least 4 members (excludes halogenated alkanes) is 2. The molecule has 1 N–H and O–H groups in total. The van der Waals surface area contributed by atoms with Crippen molar-refractivity contribution in [3.8, 4) is 5.75 Å². The van der Waals surface area contributed by atoms with Crippen molar-refractivity contribution in [1.29, 1.82) is 0 Å². The van der Waals surface area contributed by atoms with Gasteiger partial charge in [0.1, 0.15) is 23.7 Å². The first kappa shape index (κ1) is 18.9. The third-order valence-electron chi connectivity index (χ3n) is 4.73. The molecule has 1 amide bonds. The summed E-state index contributed by atoms with van der Waals surface area (Å²) in [5.41, 5.74) is 1.78. The van der Waals surface area contributed by atoms with Gasteiger partial charge in [-0.1, -0.05) is 19.8 Å². The molecule has 2 heterocycles. The maximum Gasteiger partial charge on any atom is 0.246 e. The average molecular weight is 369 g/mol. The summed E-state index contributed by atoms with van der Waals surface area (Å²) in [5, 5.41) is 3.43. The van der Waals surface area contributed by atoms with Crippen LogP contribution in [0.5, 0.6) is 5.75 Å². The normalized spacial score (nSPS) is 14.0. The first-order chi connectivity index (χ1) is 13.1. The fourth-order valence-corrected chi connectivity index (χ4v) is 3.22. The predicted octanol–water partition coefficient (Wildman–Crippen LogP) is 3.07. The van der Waals surface area contributed by atoms with E-state index in [9.17, 15) is 4.79 Å². The third kappa shape index (κ3) is 4.30. The summed E-state index contributed by atoms with van der Waals surface area (Å²) in [7, 11) is 3.52. The van der Waals surface area contributed by atoms with Gasteiger partial charge < -0.3 is 19.9 Å². The highest BCUT2D eigenvalue weighted by atomic mass is 16.5. The van der Waals surface area contributed by atoms with Gasteiger partial charge in [0.15, 0.2) is 0 Å². The summed E-state index contributed by atoms with van der Waals surface area (Å²) >= 11 is 0. The number of methoxy groups -OCH3 is 1. The molecule has 1 aliphatic rings. The Bertz CT molecular complexity index is 778. The zero-order chi connectivity index (χ0) is 19.2. The van der Waals surface area contributed by atoms with E-state index in [0.717, 1.165) is 41.6 Å². The molecule has 7 nitrogen and oxygen atoms in total. The number of carbonyl (C=O) groups excluding carboxylic acids is 1. The number of fused-ring (bicyclic) bond motifs is 1. The van der Waals surface area contributed by atoms with Gasteiger partial charge >= 0.3 is 0 Å². The Labute approximate surface area is 160 Å². The van der Waals surface area contributed by atoms with Crippen molar-refractivity contribution in [2.75, 3.05) is 42.4 Å². The van der Waals surface area contributed by atoms with Crippen LogP contribution in [0.1, 0.15) is 31.7 Å². The second kappa shape index (κ2) is 8.70. The van der Waals surface area contributed by atoms with Gasteiger partial charge in [0.05, 0.1) is 25.8 Å². The van der Waals surface area contributed by atoms with Gasteiger partial charge in [-0.25, -0.2) is 9.97 Å². The van der Waals surface area contributed by atoms with Crippen LogP contribution in [-0.2, 0) is 11.3 Å². The van der Waals surface area contributed by atoms with Gasteiger partial charge in [-0.3, -0.25) is 4.79 Å². The minimum atomic E-state index is 0.0256. The van der Waals surface area contributed by atoms with Gasteiger partial charge in [-0.05, 0) is 30.7 Å². The lowest BCUT2D eigenvalue weighted by atomic mass is 10.2. The van der Waals surface area contributed by atoms with Gasteiger partial charge in [-0.2, -0.15) is 0 Å². The molecule has 3 rings (SSSR count). The summed E-state index contributed by atoms with van der Waals surface area (Å²) in [6, 6.07) is 7.53. The standard InChI is InChI=1S/C20H27N5O2/c1-4-5-6-11-21-19-17-12-25(15-7-9-16(27-3)10-8-15)18(26)13-24(2)20(17)23-14-22-19/h7-10,14H,4-6,11-13H2,1-3H3,(H,21,22,23). The molecule has 7 heteroatoms. The van der Waals surface area contributed by atoms with Crippen molar-refractivity contribution in [2.45, 2.75) is 32.7 Å². The van der Waals surface area contributed by atoms with Crippen LogP contribution in [0.4, 0.5) is 17.3 Å². The summed E-state index contributed by atoms with van der Waals surface area (Å²) < 4.78 is 5.22. The van der Waals surface area contributed by atoms with Crippen molar-refractivity contribution >= 4 is 23.2 Å². The fourth-order valence-electron chi connectivity index (χ4n) is 3.22. The van der Waals surface area contributed by atoms with E-state index in [0.29, 0.717) is 6.54 Å². The largest absolute Gasteiger partial charge is 0.497 e. The molecule has 1 aromatic heterocycles. The zero-order valence-electron chi connectivity index (χ0n) is 16.2. The third-order valence-corrected chi connectivity index (χ3v) is 4.73. The Morgan fingerprint density at radius 3 is 2.63 bits per heavy atom. The van der Waals surface area contributed by atoms with Crippen molar-refractivity contribution < 1.29 is 9.53 Å². The Morgan fingerprint density at radius 1 is 1.15 bits per heavy atom. The summed E-state index contributed by atoms with van der Waals surface area (Å²) in [5.74, 6) is 2.39. The quantitative estimate of drug-likeness (QED) is 0.757. The number of hydrogen-bond acceptors (Lipinski definition) is 6. The highest BCUT2D eigenvalue weighted by Gasteiger charge is 2.28. The fraction of sp³-hybridized carbons (Fsp3) is 0.450. The van der Waals surface area contributed by atoms with Gasteiger partial charge in [0, 0.05) is 19.3 Å². The van der Waals surface area contributed by atoms with Crippen molar-refractivity contribution in [1.82, 2.24) is 9.97 Å². The number of rotatable bonds is 7. The molecule has 2 aromatic rings. The number of amides is 1. The molecule has 0 fully saturated rings. The van der Waals surface area contributed by atoms with Gasteiger partial charge in [-0.15, -0.1) is 0 Å². The minimum Gasteiger partial charge on any atom is -0.497 e. The molecule has 0 unspecified atom stereocenters. The first-order valence-electron chi connectivity index (χ1n) is 9.37. The van der Waals surface area contributed by atoms with Crippen LogP contribution in [0.3, 0.4) is 0 Å². The van der Waals surface area contributed by atoms with E-state index in [1.165, 1.54) is 12.8 Å². The average Bonchev–Trinajstić information content (AvgIpc) is 2.82. The van der Waals surface area contributed by atoms with E-state index >= 15 is 0 Å². The monoisotopic (exact) mass is 369 g/mol. The maximum absolute atomic E-state index is 12.8. The number of carbonyl (C=O) groups is 1. The van der Waals surface area contributed by atoms with Crippen molar-refractivity contribution in [3.05, 3.63) is 36.2 Å². The lowest BCUT2D eigenvalue weighted by molar-refractivity contribution is -0.117. The van der Waals surface area contributed by atoms with Crippen LogP contribution >= 0.6 is 0 Å². The van der Waals surface area contributed by atoms with E-state index in [2.05, 4.69) is 22.2 Å². The molecule has 0 radical (unpaired) electrons. The van der Waals surface area contributed by atoms with Crippen LogP contribution in [0.15, 0.2) is 30.6 Å². The molecular weight excluding hydrogens is 342 g/mol. The van der Waals surface area contributed by atoms with E-state index in [4.69, 9.17) is 4.74 Å². The molecule has 1 aromatic carbocycles. The second-order valence-electron chi connectivity index (χ2n) is 6.69. The number of nitrogens with one attached hydrogen (secondary N) is 1. The Balaban J connectivity index is 1.89. The minimum absolute atomic E-state index is 0.0256. The van der Waals surface area contributed by atoms with Crippen LogP contribution in [0.25, 0.3) is 0 Å². The molecule has 144 valence electrons. The van der Waals surface area contributed by atoms with Crippen molar-refractivity contribution in [3.63, 3.8) is 0 Å².